The van der Waals surface area contributed by atoms with Crippen LogP contribution in [0.25, 0.3) is 0 Å². The first kappa shape index (κ1) is 22.0. The van der Waals surface area contributed by atoms with E-state index in [2.05, 4.69) is 54.4 Å². The third-order valence-corrected chi connectivity index (χ3v) is 5.69. The Labute approximate surface area is 180 Å². The van der Waals surface area contributed by atoms with Crippen LogP contribution in [-0.2, 0) is 16.0 Å². The second-order valence-corrected chi connectivity index (χ2v) is 7.84. The van der Waals surface area contributed by atoms with Gasteiger partial charge in [-0.3, -0.25) is 9.79 Å². The van der Waals surface area contributed by atoms with E-state index in [-0.39, 0.29) is 41.8 Å². The van der Waals surface area contributed by atoms with Gasteiger partial charge in [0.2, 0.25) is 0 Å². The lowest BCUT2D eigenvalue weighted by Gasteiger charge is -2.23. The summed E-state index contributed by atoms with van der Waals surface area (Å²) in [5.41, 5.74) is 1.71. The first-order valence-corrected chi connectivity index (χ1v) is 9.72. The van der Waals surface area contributed by atoms with Crippen molar-refractivity contribution in [3.8, 4) is 0 Å². The quantitative estimate of drug-likeness (QED) is 0.291. The number of nitrogens with zero attached hydrogens (tertiary/aromatic N) is 2. The van der Waals surface area contributed by atoms with Gasteiger partial charge in [0, 0.05) is 26.2 Å². The topological polar surface area (TPSA) is 53.9 Å². The minimum absolute atomic E-state index is 0. The molecule has 1 N–H and O–H groups in total. The number of benzene rings is 1. The molecule has 6 heteroatoms. The number of halogens is 1. The number of nitrogens with one attached hydrogen (secondary N) is 1. The summed E-state index contributed by atoms with van der Waals surface area (Å²) in [5, 5.41) is 3.41. The summed E-state index contributed by atoms with van der Waals surface area (Å²) < 4.78 is 4.96. The van der Waals surface area contributed by atoms with Crippen LogP contribution in [0.1, 0.15) is 32.3 Å². The summed E-state index contributed by atoms with van der Waals surface area (Å²) in [6.45, 7) is 7.41. The number of aliphatic imine (C=N–C) groups is 1. The third-order valence-electron chi connectivity index (χ3n) is 5.69. The number of hydrogen-bond donors (Lipinski definition) is 1. The number of guanidine groups is 1. The number of carbonyl (C=O) groups excluding carboxylic acids is 1. The van der Waals surface area contributed by atoms with Crippen molar-refractivity contribution >= 4 is 35.9 Å². The van der Waals surface area contributed by atoms with E-state index >= 15 is 0 Å². The van der Waals surface area contributed by atoms with Crippen LogP contribution in [0.5, 0.6) is 0 Å². The maximum Gasteiger partial charge on any atom is 0.310 e. The zero-order valence-electron chi connectivity index (χ0n) is 16.6. The van der Waals surface area contributed by atoms with Gasteiger partial charge in [-0.2, -0.15) is 0 Å². The van der Waals surface area contributed by atoms with E-state index in [0.29, 0.717) is 12.0 Å². The second-order valence-electron chi connectivity index (χ2n) is 7.84. The minimum Gasteiger partial charge on any atom is -0.469 e. The van der Waals surface area contributed by atoms with Crippen molar-refractivity contribution in [1.29, 1.82) is 0 Å². The molecular weight excluding hydrogens is 453 g/mol. The average Bonchev–Trinajstić information content (AvgIpc) is 3.30. The molecular formula is C21H32IN3O2. The number of rotatable bonds is 6. The van der Waals surface area contributed by atoms with Gasteiger partial charge in [0.15, 0.2) is 5.96 Å². The number of hydrogen-bond acceptors (Lipinski definition) is 3. The summed E-state index contributed by atoms with van der Waals surface area (Å²) in [7, 11) is 1.47. The van der Waals surface area contributed by atoms with Crippen molar-refractivity contribution in [2.24, 2.45) is 22.2 Å². The number of carbonyl (C=O) groups is 1. The Morgan fingerprint density at radius 1 is 1.30 bits per heavy atom. The van der Waals surface area contributed by atoms with E-state index in [9.17, 15) is 4.79 Å². The highest BCUT2D eigenvalue weighted by atomic mass is 127. The molecule has 1 aliphatic heterocycles. The van der Waals surface area contributed by atoms with Crippen LogP contribution < -0.4 is 5.32 Å². The molecule has 0 aromatic heterocycles. The van der Waals surface area contributed by atoms with Crippen molar-refractivity contribution in [3.63, 3.8) is 0 Å². The first-order valence-electron chi connectivity index (χ1n) is 9.72. The van der Waals surface area contributed by atoms with Crippen molar-refractivity contribution in [2.45, 2.75) is 33.1 Å². The van der Waals surface area contributed by atoms with Crippen molar-refractivity contribution in [1.82, 2.24) is 10.2 Å². The largest absolute Gasteiger partial charge is 0.469 e. The molecule has 2 unspecified atom stereocenters. The highest BCUT2D eigenvalue weighted by Crippen LogP contribution is 2.48. The lowest BCUT2D eigenvalue weighted by Crippen LogP contribution is -2.41. The SMILES string of the molecule is CCNC(=NCC1(Cc2ccccc2)CC1)N1CC(C)C(C(=O)OC)C1.I. The normalized spacial score (nSPS) is 23.5. The molecule has 1 aliphatic carbocycles. The van der Waals surface area contributed by atoms with Gasteiger partial charge in [-0.05, 0) is 43.1 Å². The van der Waals surface area contributed by atoms with Crippen LogP contribution in [0.3, 0.4) is 0 Å². The highest BCUT2D eigenvalue weighted by Gasteiger charge is 2.43. The Bertz CT molecular complexity index is 646. The average molecular weight is 485 g/mol. The number of methoxy groups -OCH3 is 1. The molecule has 0 spiro atoms. The van der Waals surface area contributed by atoms with E-state index in [1.807, 2.05) is 0 Å². The maximum atomic E-state index is 12.0. The number of likely N-dealkylation sites (tertiary alicyclic amines) is 1. The van der Waals surface area contributed by atoms with Crippen molar-refractivity contribution in [3.05, 3.63) is 35.9 Å². The van der Waals surface area contributed by atoms with Crippen LogP contribution in [0.2, 0.25) is 0 Å². The number of esters is 1. The first-order chi connectivity index (χ1) is 12.6. The van der Waals surface area contributed by atoms with Crippen LogP contribution >= 0.6 is 24.0 Å². The van der Waals surface area contributed by atoms with Gasteiger partial charge >= 0.3 is 5.97 Å². The van der Waals surface area contributed by atoms with Crippen molar-refractivity contribution < 1.29 is 9.53 Å². The highest BCUT2D eigenvalue weighted by molar-refractivity contribution is 14.0. The van der Waals surface area contributed by atoms with Crippen LogP contribution in [0, 0.1) is 17.3 Å². The van der Waals surface area contributed by atoms with E-state index in [4.69, 9.17) is 9.73 Å². The molecule has 5 nitrogen and oxygen atoms in total. The molecule has 1 saturated heterocycles. The number of ether oxygens (including phenoxy) is 1. The van der Waals surface area contributed by atoms with Crippen LogP contribution in [-0.4, -0.2) is 50.1 Å². The van der Waals surface area contributed by atoms with Gasteiger partial charge in [0.25, 0.3) is 0 Å². The predicted molar refractivity (Wildman–Crippen MR) is 119 cm³/mol. The Kier molecular flexibility index (Phi) is 7.94. The molecule has 0 bridgehead atoms. The molecule has 27 heavy (non-hydrogen) atoms. The molecule has 3 rings (SSSR count). The van der Waals surface area contributed by atoms with Crippen molar-refractivity contribution in [2.75, 3.05) is 33.3 Å². The predicted octanol–water partition coefficient (Wildman–Crippen LogP) is 3.33. The Hall–Kier alpha value is -1.31. The zero-order valence-corrected chi connectivity index (χ0v) is 18.9. The Balaban J connectivity index is 0.00000261. The van der Waals surface area contributed by atoms with E-state index in [1.54, 1.807) is 0 Å². The van der Waals surface area contributed by atoms with E-state index < -0.39 is 0 Å². The Morgan fingerprint density at radius 2 is 2.00 bits per heavy atom. The molecule has 2 atom stereocenters. The van der Waals surface area contributed by atoms with Gasteiger partial charge in [-0.25, -0.2) is 0 Å². The fraction of sp³-hybridized carbons (Fsp3) is 0.619. The van der Waals surface area contributed by atoms with Gasteiger partial charge in [-0.1, -0.05) is 37.3 Å². The molecule has 2 aliphatic rings. The maximum absolute atomic E-state index is 12.0. The summed E-state index contributed by atoms with van der Waals surface area (Å²) >= 11 is 0. The lowest BCUT2D eigenvalue weighted by molar-refractivity contribution is -0.145. The lowest BCUT2D eigenvalue weighted by atomic mass is 9.97. The van der Waals surface area contributed by atoms with Gasteiger partial charge in [-0.15, -0.1) is 24.0 Å². The van der Waals surface area contributed by atoms with E-state index in [1.165, 1.54) is 25.5 Å². The molecule has 1 saturated carbocycles. The molecule has 150 valence electrons. The fourth-order valence-corrected chi connectivity index (χ4v) is 3.86. The van der Waals surface area contributed by atoms with Crippen LogP contribution in [0.15, 0.2) is 35.3 Å². The minimum atomic E-state index is -0.112. The smallest absolute Gasteiger partial charge is 0.310 e. The van der Waals surface area contributed by atoms with E-state index in [0.717, 1.165) is 32.0 Å². The molecule has 0 amide bonds. The fourth-order valence-electron chi connectivity index (χ4n) is 3.86. The monoisotopic (exact) mass is 485 g/mol. The second kappa shape index (κ2) is 9.75. The summed E-state index contributed by atoms with van der Waals surface area (Å²) in [6, 6.07) is 10.7. The molecule has 2 fully saturated rings. The Morgan fingerprint density at radius 3 is 2.59 bits per heavy atom. The summed E-state index contributed by atoms with van der Waals surface area (Å²) in [6.07, 6.45) is 3.58. The van der Waals surface area contributed by atoms with Gasteiger partial charge in [0.1, 0.15) is 0 Å². The molecule has 1 heterocycles. The third kappa shape index (κ3) is 5.59. The standard InChI is InChI=1S/C21H31N3O2.HI/c1-4-22-20(24-13-16(2)18(14-24)19(25)26-3)23-15-21(10-11-21)12-17-8-6-5-7-9-17;/h5-9,16,18H,4,10-15H2,1-3H3,(H,22,23);1H. The summed E-state index contributed by atoms with van der Waals surface area (Å²) in [5.74, 6) is 1.04. The van der Waals surface area contributed by atoms with Crippen LogP contribution in [0.4, 0.5) is 0 Å². The molecule has 1 aromatic rings. The summed E-state index contributed by atoms with van der Waals surface area (Å²) in [4.78, 5) is 19.1. The van der Waals surface area contributed by atoms with Gasteiger partial charge < -0.3 is 15.0 Å². The molecule has 1 aromatic carbocycles. The van der Waals surface area contributed by atoms with Gasteiger partial charge in [0.05, 0.1) is 13.0 Å². The molecule has 0 radical (unpaired) electrons. The zero-order chi connectivity index (χ0) is 18.6.